The fraction of sp³-hybridized carbons (Fsp3) is 0.600. The number of piperidine rings is 1. The average Bonchev–Trinajstić information content (AvgIpc) is 2.14. The minimum absolute atomic E-state index is 0.195. The summed E-state index contributed by atoms with van der Waals surface area (Å²) in [5, 5.41) is 8.36. The van der Waals surface area contributed by atoms with E-state index in [9.17, 15) is 9.59 Å². The third-order valence-corrected chi connectivity index (χ3v) is 2.34. The lowest BCUT2D eigenvalue weighted by Crippen LogP contribution is -2.38. The first kappa shape index (κ1) is 10.8. The lowest BCUT2D eigenvalue weighted by atomic mass is 10.0. The number of amides is 1. The zero-order valence-electron chi connectivity index (χ0n) is 8.27. The molecule has 1 unspecified atom stereocenters. The van der Waals surface area contributed by atoms with Crippen LogP contribution < -0.4 is 0 Å². The van der Waals surface area contributed by atoms with E-state index in [2.05, 4.69) is 6.92 Å². The smallest absolute Gasteiger partial charge is 0.328 e. The number of carbonyl (C=O) groups excluding carboxylic acids is 1. The largest absolute Gasteiger partial charge is 0.478 e. The van der Waals surface area contributed by atoms with Crippen molar-refractivity contribution in [1.29, 1.82) is 0 Å². The van der Waals surface area contributed by atoms with E-state index in [1.54, 1.807) is 4.90 Å². The van der Waals surface area contributed by atoms with Gasteiger partial charge < -0.3 is 10.0 Å². The number of hydrogen-bond acceptors (Lipinski definition) is 2. The Kier molecular flexibility index (Phi) is 3.68. The fourth-order valence-corrected chi connectivity index (χ4v) is 1.64. The number of aliphatic carboxylic acids is 1. The Morgan fingerprint density at radius 3 is 2.71 bits per heavy atom. The van der Waals surface area contributed by atoms with Gasteiger partial charge in [-0.1, -0.05) is 6.92 Å². The summed E-state index contributed by atoms with van der Waals surface area (Å²) >= 11 is 0. The number of carboxylic acid groups (broad SMARTS) is 1. The van der Waals surface area contributed by atoms with Crippen molar-refractivity contribution >= 4 is 11.9 Å². The monoisotopic (exact) mass is 197 g/mol. The van der Waals surface area contributed by atoms with Gasteiger partial charge in [-0.25, -0.2) is 4.79 Å². The van der Waals surface area contributed by atoms with Gasteiger partial charge in [-0.2, -0.15) is 0 Å². The first-order chi connectivity index (χ1) is 6.59. The van der Waals surface area contributed by atoms with Crippen LogP contribution in [0.5, 0.6) is 0 Å². The molecule has 0 aromatic heterocycles. The molecule has 0 aliphatic carbocycles. The highest BCUT2D eigenvalue weighted by Gasteiger charge is 2.18. The molecule has 1 atom stereocenters. The van der Waals surface area contributed by atoms with Crippen LogP contribution >= 0.6 is 0 Å². The topological polar surface area (TPSA) is 57.6 Å². The molecule has 78 valence electrons. The Hall–Kier alpha value is -1.32. The molecule has 1 amide bonds. The van der Waals surface area contributed by atoms with Crippen molar-refractivity contribution < 1.29 is 14.7 Å². The van der Waals surface area contributed by atoms with Gasteiger partial charge in [-0.05, 0) is 18.8 Å². The van der Waals surface area contributed by atoms with E-state index in [4.69, 9.17) is 5.11 Å². The highest BCUT2D eigenvalue weighted by molar-refractivity contribution is 5.93. The van der Waals surface area contributed by atoms with Crippen LogP contribution in [-0.2, 0) is 9.59 Å². The maximum absolute atomic E-state index is 11.4. The molecule has 0 aromatic carbocycles. The van der Waals surface area contributed by atoms with Gasteiger partial charge >= 0.3 is 5.97 Å². The molecule has 1 aliphatic heterocycles. The van der Waals surface area contributed by atoms with E-state index < -0.39 is 5.97 Å². The first-order valence-corrected chi connectivity index (χ1v) is 4.79. The summed E-state index contributed by atoms with van der Waals surface area (Å²) in [6, 6.07) is 0. The van der Waals surface area contributed by atoms with E-state index in [0.29, 0.717) is 5.92 Å². The van der Waals surface area contributed by atoms with Crippen LogP contribution in [0.2, 0.25) is 0 Å². The van der Waals surface area contributed by atoms with Crippen molar-refractivity contribution in [3.8, 4) is 0 Å². The molecule has 4 heteroatoms. The van der Waals surface area contributed by atoms with E-state index in [1.807, 2.05) is 0 Å². The summed E-state index contributed by atoms with van der Waals surface area (Å²) in [5.41, 5.74) is 0. The number of rotatable bonds is 2. The van der Waals surface area contributed by atoms with E-state index in [1.165, 1.54) is 0 Å². The highest BCUT2D eigenvalue weighted by Crippen LogP contribution is 2.15. The molecule has 1 saturated heterocycles. The molecule has 14 heavy (non-hydrogen) atoms. The molecule has 0 saturated carbocycles. The molecule has 1 heterocycles. The fourth-order valence-electron chi connectivity index (χ4n) is 1.64. The quantitative estimate of drug-likeness (QED) is 0.669. The van der Waals surface area contributed by atoms with Gasteiger partial charge in [0.1, 0.15) is 0 Å². The summed E-state index contributed by atoms with van der Waals surface area (Å²) in [7, 11) is 0. The van der Waals surface area contributed by atoms with Gasteiger partial charge in [0.05, 0.1) is 0 Å². The predicted octanol–water partition coefficient (Wildman–Crippen LogP) is 0.886. The van der Waals surface area contributed by atoms with Gasteiger partial charge in [0.2, 0.25) is 5.91 Å². The van der Waals surface area contributed by atoms with Crippen molar-refractivity contribution in [2.24, 2.45) is 5.92 Å². The third kappa shape index (κ3) is 3.20. The van der Waals surface area contributed by atoms with Crippen LogP contribution in [0.25, 0.3) is 0 Å². The zero-order valence-corrected chi connectivity index (χ0v) is 8.27. The third-order valence-electron chi connectivity index (χ3n) is 2.34. The molecule has 0 radical (unpaired) electrons. The van der Waals surface area contributed by atoms with Gasteiger partial charge in [0.15, 0.2) is 0 Å². The highest BCUT2D eigenvalue weighted by atomic mass is 16.4. The van der Waals surface area contributed by atoms with E-state index in [0.717, 1.165) is 38.1 Å². The second-order valence-corrected chi connectivity index (χ2v) is 3.70. The Labute approximate surface area is 83.2 Å². The molecular weight excluding hydrogens is 182 g/mol. The van der Waals surface area contributed by atoms with Gasteiger partial charge in [0, 0.05) is 25.2 Å². The number of carboxylic acids is 1. The van der Waals surface area contributed by atoms with Gasteiger partial charge in [-0.15, -0.1) is 0 Å². The molecular formula is C10H15NO3. The summed E-state index contributed by atoms with van der Waals surface area (Å²) in [6.07, 6.45) is 4.17. The molecule has 1 N–H and O–H groups in total. The molecule has 4 nitrogen and oxygen atoms in total. The van der Waals surface area contributed by atoms with E-state index in [-0.39, 0.29) is 5.91 Å². The van der Waals surface area contributed by atoms with Crippen LogP contribution in [0.15, 0.2) is 12.2 Å². The minimum Gasteiger partial charge on any atom is -0.478 e. The Morgan fingerprint density at radius 1 is 1.43 bits per heavy atom. The molecule has 1 rings (SSSR count). The lowest BCUT2D eigenvalue weighted by Gasteiger charge is -2.29. The lowest BCUT2D eigenvalue weighted by molar-refractivity contribution is -0.132. The maximum Gasteiger partial charge on any atom is 0.328 e. The molecule has 0 spiro atoms. The Morgan fingerprint density at radius 2 is 2.14 bits per heavy atom. The summed E-state index contributed by atoms with van der Waals surface area (Å²) < 4.78 is 0. The maximum atomic E-state index is 11.4. The zero-order chi connectivity index (χ0) is 10.6. The molecule has 1 fully saturated rings. The summed E-state index contributed by atoms with van der Waals surface area (Å²) in [4.78, 5) is 23.3. The van der Waals surface area contributed by atoms with Crippen LogP contribution in [-0.4, -0.2) is 35.0 Å². The minimum atomic E-state index is -1.08. The van der Waals surface area contributed by atoms with Crippen molar-refractivity contribution in [2.75, 3.05) is 13.1 Å². The first-order valence-electron chi connectivity index (χ1n) is 4.79. The number of carbonyl (C=O) groups is 2. The predicted molar refractivity (Wildman–Crippen MR) is 51.8 cm³/mol. The normalized spacial score (nSPS) is 22.6. The second kappa shape index (κ2) is 4.79. The van der Waals surface area contributed by atoms with Crippen LogP contribution in [0.3, 0.4) is 0 Å². The van der Waals surface area contributed by atoms with Crippen LogP contribution in [0.4, 0.5) is 0 Å². The van der Waals surface area contributed by atoms with Crippen LogP contribution in [0, 0.1) is 5.92 Å². The van der Waals surface area contributed by atoms with Gasteiger partial charge in [-0.3, -0.25) is 4.79 Å². The Bertz CT molecular complexity index is 260. The number of hydrogen-bond donors (Lipinski definition) is 1. The SMILES string of the molecule is CC1CCCN(C(=O)/C=C\C(=O)O)C1. The average molecular weight is 197 g/mol. The summed E-state index contributed by atoms with van der Waals surface area (Å²) in [5.74, 6) is -0.756. The molecule has 0 aromatic rings. The van der Waals surface area contributed by atoms with Crippen molar-refractivity contribution in [2.45, 2.75) is 19.8 Å². The van der Waals surface area contributed by atoms with Gasteiger partial charge in [0.25, 0.3) is 0 Å². The molecule has 0 bridgehead atoms. The van der Waals surface area contributed by atoms with E-state index >= 15 is 0 Å². The molecule has 1 aliphatic rings. The van der Waals surface area contributed by atoms with Crippen molar-refractivity contribution in [3.63, 3.8) is 0 Å². The van der Waals surface area contributed by atoms with Crippen molar-refractivity contribution in [1.82, 2.24) is 4.90 Å². The van der Waals surface area contributed by atoms with Crippen LogP contribution in [0.1, 0.15) is 19.8 Å². The van der Waals surface area contributed by atoms with Crippen molar-refractivity contribution in [3.05, 3.63) is 12.2 Å². The standard InChI is InChI=1S/C10H15NO3/c1-8-3-2-6-11(7-8)9(12)4-5-10(13)14/h4-5,8H,2-3,6-7H2,1H3,(H,13,14)/b5-4-. The number of likely N-dealkylation sites (tertiary alicyclic amines) is 1. The second-order valence-electron chi connectivity index (χ2n) is 3.70. The Balaban J connectivity index is 2.47. The summed E-state index contributed by atoms with van der Waals surface area (Å²) in [6.45, 7) is 3.58. The number of nitrogens with zero attached hydrogens (tertiary/aromatic N) is 1.